The van der Waals surface area contributed by atoms with Crippen LogP contribution in [0.4, 0.5) is 5.69 Å². The molecule has 1 N–H and O–H groups in total. The molecule has 0 aromatic heterocycles. The van der Waals surface area contributed by atoms with E-state index in [0.29, 0.717) is 10.7 Å². The van der Waals surface area contributed by atoms with Crippen LogP contribution in [0, 0.1) is 0 Å². The molecule has 0 unspecified atom stereocenters. The minimum Gasteiger partial charge on any atom is -0.452 e. The van der Waals surface area contributed by atoms with Crippen LogP contribution in [0.5, 0.6) is 0 Å². The van der Waals surface area contributed by atoms with Crippen LogP contribution in [0.2, 0.25) is 5.02 Å². The zero-order valence-corrected chi connectivity index (χ0v) is 17.4. The Morgan fingerprint density at radius 2 is 1.58 bits per heavy atom. The highest BCUT2D eigenvalue weighted by molar-refractivity contribution is 7.91. The molecule has 0 atom stereocenters. The summed E-state index contributed by atoms with van der Waals surface area (Å²) in [6, 6.07) is 15.9. The van der Waals surface area contributed by atoms with Crippen LogP contribution in [0.15, 0.2) is 76.5 Å². The molecule has 9 heteroatoms. The molecule has 3 aromatic rings. The van der Waals surface area contributed by atoms with Gasteiger partial charge in [0.05, 0.1) is 15.4 Å². The Morgan fingerprint density at radius 3 is 2.32 bits per heavy atom. The van der Waals surface area contributed by atoms with Gasteiger partial charge < -0.3 is 10.1 Å². The number of amides is 1. The van der Waals surface area contributed by atoms with Crippen molar-refractivity contribution in [3.05, 3.63) is 88.4 Å². The Bertz CT molecular complexity index is 1330. The molecule has 1 amide bonds. The van der Waals surface area contributed by atoms with E-state index in [2.05, 4.69) is 5.32 Å². The number of hydrogen-bond acceptors (Lipinski definition) is 6. The third kappa shape index (κ3) is 3.95. The number of fused-ring (bicyclic) bond motifs is 2. The number of rotatable bonds is 4. The second-order valence-electron chi connectivity index (χ2n) is 6.67. The van der Waals surface area contributed by atoms with Crippen LogP contribution in [-0.2, 0) is 19.4 Å². The van der Waals surface area contributed by atoms with Gasteiger partial charge in [-0.05, 0) is 54.6 Å². The number of carbonyl (C=O) groups excluding carboxylic acids is 3. The number of benzene rings is 3. The maximum atomic E-state index is 12.9. The molecule has 0 bridgehead atoms. The lowest BCUT2D eigenvalue weighted by Crippen LogP contribution is -2.22. The lowest BCUT2D eigenvalue weighted by Gasteiger charge is -2.19. The number of anilines is 1. The summed E-state index contributed by atoms with van der Waals surface area (Å²) >= 11 is 5.78. The number of sulfone groups is 1. The zero-order valence-electron chi connectivity index (χ0n) is 15.8. The van der Waals surface area contributed by atoms with Crippen LogP contribution < -0.4 is 5.32 Å². The molecular formula is C22H14ClNO6S. The molecule has 0 radical (unpaired) electrons. The molecule has 0 fully saturated rings. The average Bonchev–Trinajstić information content (AvgIpc) is 2.77. The van der Waals surface area contributed by atoms with Crippen molar-refractivity contribution in [2.75, 3.05) is 11.9 Å². The highest BCUT2D eigenvalue weighted by Gasteiger charge is 2.35. The van der Waals surface area contributed by atoms with E-state index in [0.717, 1.165) is 6.07 Å². The minimum absolute atomic E-state index is 0.0178. The Labute approximate surface area is 182 Å². The third-order valence-corrected chi connectivity index (χ3v) is 6.74. The van der Waals surface area contributed by atoms with Gasteiger partial charge in [-0.1, -0.05) is 23.7 Å². The van der Waals surface area contributed by atoms with Gasteiger partial charge in [-0.25, -0.2) is 13.2 Å². The van der Waals surface area contributed by atoms with Gasteiger partial charge in [0, 0.05) is 21.8 Å². The Morgan fingerprint density at radius 1 is 0.903 bits per heavy atom. The van der Waals surface area contributed by atoms with Crippen LogP contribution in [0.1, 0.15) is 26.3 Å². The van der Waals surface area contributed by atoms with Crippen molar-refractivity contribution in [2.45, 2.75) is 9.79 Å². The van der Waals surface area contributed by atoms with Crippen molar-refractivity contribution >= 4 is 44.8 Å². The minimum atomic E-state index is -3.98. The molecule has 1 heterocycles. The fraction of sp³-hybridized carbons (Fsp3) is 0.0455. The van der Waals surface area contributed by atoms with E-state index in [-0.39, 0.29) is 26.5 Å². The van der Waals surface area contributed by atoms with Crippen LogP contribution in [0.25, 0.3) is 0 Å². The van der Waals surface area contributed by atoms with Gasteiger partial charge in [-0.15, -0.1) is 0 Å². The van der Waals surface area contributed by atoms with E-state index in [1.165, 1.54) is 30.3 Å². The van der Waals surface area contributed by atoms with Crippen LogP contribution in [-0.4, -0.2) is 32.7 Å². The van der Waals surface area contributed by atoms with Crippen molar-refractivity contribution in [2.24, 2.45) is 0 Å². The normalized spacial score (nSPS) is 13.6. The summed E-state index contributed by atoms with van der Waals surface area (Å²) in [5.41, 5.74) is 0.455. The zero-order chi connectivity index (χ0) is 22.2. The molecule has 156 valence electrons. The Hall–Kier alpha value is -3.49. The number of halogens is 1. The van der Waals surface area contributed by atoms with E-state index in [4.69, 9.17) is 16.3 Å². The van der Waals surface area contributed by atoms with Gasteiger partial charge in [-0.3, -0.25) is 9.59 Å². The van der Waals surface area contributed by atoms with Gasteiger partial charge >= 0.3 is 5.97 Å². The molecule has 4 rings (SSSR count). The Balaban J connectivity index is 1.52. The van der Waals surface area contributed by atoms with Crippen molar-refractivity contribution in [1.82, 2.24) is 0 Å². The number of nitrogens with one attached hydrogen (secondary N) is 1. The average molecular weight is 456 g/mol. The summed E-state index contributed by atoms with van der Waals surface area (Å²) in [5.74, 6) is -1.91. The monoisotopic (exact) mass is 455 g/mol. The van der Waals surface area contributed by atoms with Gasteiger partial charge in [0.2, 0.25) is 9.84 Å². The standard InChI is InChI=1S/C22H14ClNO6S/c23-14-6-8-15(9-7-14)24-20(25)12-30-22(27)13-5-10-17-19(11-13)31(28,29)18-4-2-1-3-16(18)21(17)26/h1-11H,12H2,(H,24,25). The molecule has 0 spiro atoms. The SMILES string of the molecule is O=C(COC(=O)c1ccc2c(c1)S(=O)(=O)c1ccccc1C2=O)Nc1ccc(Cl)cc1. The molecule has 0 aliphatic carbocycles. The molecule has 0 saturated carbocycles. The highest BCUT2D eigenvalue weighted by atomic mass is 35.5. The fourth-order valence-corrected chi connectivity index (χ4v) is 4.96. The molecule has 3 aromatic carbocycles. The first kappa shape index (κ1) is 20.8. The van der Waals surface area contributed by atoms with Gasteiger partial charge in [0.25, 0.3) is 5.91 Å². The highest BCUT2D eigenvalue weighted by Crippen LogP contribution is 2.34. The summed E-state index contributed by atoms with van der Waals surface area (Å²) < 4.78 is 30.8. The summed E-state index contributed by atoms with van der Waals surface area (Å²) in [4.78, 5) is 36.6. The van der Waals surface area contributed by atoms with Crippen LogP contribution in [0.3, 0.4) is 0 Å². The van der Waals surface area contributed by atoms with E-state index >= 15 is 0 Å². The van der Waals surface area contributed by atoms with E-state index in [9.17, 15) is 22.8 Å². The maximum Gasteiger partial charge on any atom is 0.338 e. The molecular weight excluding hydrogens is 442 g/mol. The first-order valence-electron chi connectivity index (χ1n) is 9.03. The lowest BCUT2D eigenvalue weighted by molar-refractivity contribution is -0.119. The first-order chi connectivity index (χ1) is 14.8. The van der Waals surface area contributed by atoms with Crippen molar-refractivity contribution < 1.29 is 27.5 Å². The summed E-state index contributed by atoms with van der Waals surface area (Å²) in [6.07, 6.45) is 0. The van der Waals surface area contributed by atoms with Gasteiger partial charge in [0.1, 0.15) is 0 Å². The largest absolute Gasteiger partial charge is 0.452 e. The predicted molar refractivity (Wildman–Crippen MR) is 112 cm³/mol. The van der Waals surface area contributed by atoms with Crippen molar-refractivity contribution in [1.29, 1.82) is 0 Å². The Kier molecular flexibility index (Phi) is 5.34. The van der Waals surface area contributed by atoms with Crippen molar-refractivity contribution in [3.63, 3.8) is 0 Å². The van der Waals surface area contributed by atoms with Gasteiger partial charge in [0.15, 0.2) is 12.4 Å². The molecule has 1 aliphatic heterocycles. The number of hydrogen-bond donors (Lipinski definition) is 1. The summed E-state index contributed by atoms with van der Waals surface area (Å²) in [6.45, 7) is -0.576. The molecule has 7 nitrogen and oxygen atoms in total. The predicted octanol–water partition coefficient (Wildman–Crippen LogP) is 3.51. The van der Waals surface area contributed by atoms with E-state index in [1.807, 2.05) is 0 Å². The van der Waals surface area contributed by atoms with E-state index in [1.54, 1.807) is 30.3 Å². The smallest absolute Gasteiger partial charge is 0.338 e. The topological polar surface area (TPSA) is 107 Å². The number of ketones is 1. The number of esters is 1. The molecule has 0 saturated heterocycles. The maximum absolute atomic E-state index is 12.9. The third-order valence-electron chi connectivity index (χ3n) is 4.63. The second kappa shape index (κ2) is 7.98. The molecule has 31 heavy (non-hydrogen) atoms. The lowest BCUT2D eigenvalue weighted by atomic mass is 10.0. The quantitative estimate of drug-likeness (QED) is 0.472. The van der Waals surface area contributed by atoms with Crippen LogP contribution >= 0.6 is 11.6 Å². The number of carbonyl (C=O) groups is 3. The second-order valence-corrected chi connectivity index (χ2v) is 8.99. The van der Waals surface area contributed by atoms with Gasteiger partial charge in [-0.2, -0.15) is 0 Å². The molecule has 1 aliphatic rings. The van der Waals surface area contributed by atoms with E-state index < -0.39 is 34.1 Å². The fourth-order valence-electron chi connectivity index (χ4n) is 3.16. The summed E-state index contributed by atoms with van der Waals surface area (Å²) in [7, 11) is -3.98. The number of ether oxygens (including phenoxy) is 1. The first-order valence-corrected chi connectivity index (χ1v) is 10.9. The summed E-state index contributed by atoms with van der Waals surface area (Å²) in [5, 5.41) is 3.05. The van der Waals surface area contributed by atoms with Crippen molar-refractivity contribution in [3.8, 4) is 0 Å².